The van der Waals surface area contributed by atoms with Gasteiger partial charge in [0.05, 0.1) is 0 Å². The standard InChI is InChI=1S/C13H19N/c1-10-8-13(2,3)11-6-4-5-7-12(11)14-9-10/h4-7,10,14H,8-9H2,1-3H3. The van der Waals surface area contributed by atoms with E-state index in [0.29, 0.717) is 5.41 Å². The quantitative estimate of drug-likeness (QED) is 0.659. The molecule has 1 aliphatic heterocycles. The average molecular weight is 189 g/mol. The molecule has 1 atom stereocenters. The lowest BCUT2D eigenvalue weighted by atomic mass is 9.78. The molecule has 1 heterocycles. The Kier molecular flexibility index (Phi) is 2.26. The molecule has 0 spiro atoms. The molecule has 14 heavy (non-hydrogen) atoms. The van der Waals surface area contributed by atoms with E-state index in [0.717, 1.165) is 12.5 Å². The molecule has 0 saturated heterocycles. The van der Waals surface area contributed by atoms with Gasteiger partial charge in [-0.05, 0) is 29.4 Å². The van der Waals surface area contributed by atoms with Crippen molar-refractivity contribution in [2.24, 2.45) is 5.92 Å². The van der Waals surface area contributed by atoms with Crippen molar-refractivity contribution in [2.75, 3.05) is 11.9 Å². The van der Waals surface area contributed by atoms with Crippen LogP contribution in [0.2, 0.25) is 0 Å². The fourth-order valence-electron chi connectivity index (χ4n) is 2.56. The largest absolute Gasteiger partial charge is 0.385 e. The molecule has 0 fully saturated rings. The molecule has 0 saturated carbocycles. The van der Waals surface area contributed by atoms with E-state index >= 15 is 0 Å². The first-order valence-corrected chi connectivity index (χ1v) is 5.43. The first-order valence-electron chi connectivity index (χ1n) is 5.43. The van der Waals surface area contributed by atoms with Gasteiger partial charge in [0.1, 0.15) is 0 Å². The minimum absolute atomic E-state index is 0.305. The topological polar surface area (TPSA) is 12.0 Å². The summed E-state index contributed by atoms with van der Waals surface area (Å²) in [5.74, 6) is 0.748. The highest BCUT2D eigenvalue weighted by molar-refractivity contribution is 5.55. The van der Waals surface area contributed by atoms with Crippen LogP contribution in [-0.4, -0.2) is 6.54 Å². The molecule has 1 unspecified atom stereocenters. The minimum atomic E-state index is 0.305. The van der Waals surface area contributed by atoms with Crippen LogP contribution in [0, 0.1) is 5.92 Å². The summed E-state index contributed by atoms with van der Waals surface area (Å²) < 4.78 is 0. The summed E-state index contributed by atoms with van der Waals surface area (Å²) in [5, 5.41) is 3.53. The molecule has 0 amide bonds. The summed E-state index contributed by atoms with van der Waals surface area (Å²) in [5.41, 5.74) is 3.09. The molecule has 2 rings (SSSR count). The van der Waals surface area contributed by atoms with E-state index in [4.69, 9.17) is 0 Å². The SMILES string of the molecule is CC1CNc2ccccc2C(C)(C)C1. The van der Waals surface area contributed by atoms with E-state index in [2.05, 4.69) is 50.4 Å². The van der Waals surface area contributed by atoms with Crippen LogP contribution in [0.1, 0.15) is 32.8 Å². The second-order valence-electron chi connectivity index (χ2n) is 5.12. The zero-order valence-electron chi connectivity index (χ0n) is 9.30. The van der Waals surface area contributed by atoms with Gasteiger partial charge in [-0.2, -0.15) is 0 Å². The van der Waals surface area contributed by atoms with Crippen molar-refractivity contribution in [3.05, 3.63) is 29.8 Å². The van der Waals surface area contributed by atoms with Crippen molar-refractivity contribution in [1.29, 1.82) is 0 Å². The number of fused-ring (bicyclic) bond motifs is 1. The summed E-state index contributed by atoms with van der Waals surface area (Å²) in [4.78, 5) is 0. The van der Waals surface area contributed by atoms with Crippen LogP contribution >= 0.6 is 0 Å². The summed E-state index contributed by atoms with van der Waals surface area (Å²) in [6, 6.07) is 8.69. The summed E-state index contributed by atoms with van der Waals surface area (Å²) in [6.07, 6.45) is 1.26. The third-order valence-electron chi connectivity index (χ3n) is 3.16. The Morgan fingerprint density at radius 3 is 2.79 bits per heavy atom. The van der Waals surface area contributed by atoms with Crippen molar-refractivity contribution < 1.29 is 0 Å². The summed E-state index contributed by atoms with van der Waals surface area (Å²) in [7, 11) is 0. The number of nitrogens with one attached hydrogen (secondary N) is 1. The summed E-state index contributed by atoms with van der Waals surface area (Å²) in [6.45, 7) is 8.10. The lowest BCUT2D eigenvalue weighted by Crippen LogP contribution is -2.19. The number of hydrogen-bond donors (Lipinski definition) is 1. The number of benzene rings is 1. The Balaban J connectivity index is 2.45. The van der Waals surface area contributed by atoms with Gasteiger partial charge >= 0.3 is 0 Å². The molecular formula is C13H19N. The molecule has 1 N–H and O–H groups in total. The van der Waals surface area contributed by atoms with Crippen LogP contribution in [0.15, 0.2) is 24.3 Å². The Morgan fingerprint density at radius 2 is 2.00 bits per heavy atom. The van der Waals surface area contributed by atoms with Gasteiger partial charge in [-0.15, -0.1) is 0 Å². The maximum atomic E-state index is 3.53. The van der Waals surface area contributed by atoms with Crippen LogP contribution in [0.25, 0.3) is 0 Å². The Hall–Kier alpha value is -0.980. The molecule has 1 aromatic rings. The maximum absolute atomic E-state index is 3.53. The fraction of sp³-hybridized carbons (Fsp3) is 0.538. The highest BCUT2D eigenvalue weighted by atomic mass is 14.9. The van der Waals surface area contributed by atoms with Crippen LogP contribution in [0.3, 0.4) is 0 Å². The Bertz CT molecular complexity index is 328. The second-order valence-corrected chi connectivity index (χ2v) is 5.12. The van der Waals surface area contributed by atoms with Gasteiger partial charge in [0.25, 0.3) is 0 Å². The van der Waals surface area contributed by atoms with Gasteiger partial charge in [0.15, 0.2) is 0 Å². The fourth-order valence-corrected chi connectivity index (χ4v) is 2.56. The van der Waals surface area contributed by atoms with Gasteiger partial charge in [0.2, 0.25) is 0 Å². The zero-order chi connectivity index (χ0) is 10.2. The zero-order valence-corrected chi connectivity index (χ0v) is 9.30. The normalized spacial score (nSPS) is 24.6. The van der Waals surface area contributed by atoms with Crippen molar-refractivity contribution in [2.45, 2.75) is 32.6 Å². The van der Waals surface area contributed by atoms with Gasteiger partial charge in [-0.3, -0.25) is 0 Å². The molecule has 0 radical (unpaired) electrons. The smallest absolute Gasteiger partial charge is 0.0378 e. The average Bonchev–Trinajstić information content (AvgIpc) is 2.24. The number of para-hydroxylation sites is 1. The van der Waals surface area contributed by atoms with E-state index in [1.54, 1.807) is 0 Å². The Labute approximate surface area is 86.5 Å². The lowest BCUT2D eigenvalue weighted by Gasteiger charge is -2.26. The van der Waals surface area contributed by atoms with E-state index in [1.165, 1.54) is 17.7 Å². The highest BCUT2D eigenvalue weighted by Crippen LogP contribution is 2.37. The number of rotatable bonds is 0. The minimum Gasteiger partial charge on any atom is -0.385 e. The van der Waals surface area contributed by atoms with Crippen LogP contribution in [0.4, 0.5) is 5.69 Å². The number of hydrogen-bond acceptors (Lipinski definition) is 1. The van der Waals surface area contributed by atoms with E-state index in [-0.39, 0.29) is 0 Å². The molecule has 1 nitrogen and oxygen atoms in total. The predicted molar refractivity (Wildman–Crippen MR) is 61.7 cm³/mol. The van der Waals surface area contributed by atoms with Crippen molar-refractivity contribution >= 4 is 5.69 Å². The lowest BCUT2D eigenvalue weighted by molar-refractivity contribution is 0.401. The van der Waals surface area contributed by atoms with E-state index in [9.17, 15) is 0 Å². The molecule has 0 bridgehead atoms. The molecule has 76 valence electrons. The van der Waals surface area contributed by atoms with Gasteiger partial charge in [-0.1, -0.05) is 39.0 Å². The van der Waals surface area contributed by atoms with E-state index in [1.807, 2.05) is 0 Å². The third kappa shape index (κ3) is 1.63. The third-order valence-corrected chi connectivity index (χ3v) is 3.16. The molecule has 0 aromatic heterocycles. The van der Waals surface area contributed by atoms with Crippen molar-refractivity contribution in [3.8, 4) is 0 Å². The van der Waals surface area contributed by atoms with Gasteiger partial charge < -0.3 is 5.32 Å². The predicted octanol–water partition coefficient (Wildman–Crippen LogP) is 3.42. The highest BCUT2D eigenvalue weighted by Gasteiger charge is 2.28. The summed E-state index contributed by atoms with van der Waals surface area (Å²) >= 11 is 0. The molecule has 1 aliphatic rings. The van der Waals surface area contributed by atoms with Crippen LogP contribution in [0.5, 0.6) is 0 Å². The molecule has 1 aromatic carbocycles. The first kappa shape index (κ1) is 9.57. The Morgan fingerprint density at radius 1 is 1.29 bits per heavy atom. The van der Waals surface area contributed by atoms with Gasteiger partial charge in [-0.25, -0.2) is 0 Å². The number of anilines is 1. The maximum Gasteiger partial charge on any atom is 0.0378 e. The van der Waals surface area contributed by atoms with Gasteiger partial charge in [0, 0.05) is 12.2 Å². The first-order chi connectivity index (χ1) is 6.59. The second kappa shape index (κ2) is 3.30. The molecular weight excluding hydrogens is 170 g/mol. The van der Waals surface area contributed by atoms with Crippen LogP contribution in [-0.2, 0) is 5.41 Å². The molecule has 1 heteroatoms. The van der Waals surface area contributed by atoms with E-state index < -0.39 is 0 Å². The monoisotopic (exact) mass is 189 g/mol. The van der Waals surface area contributed by atoms with Crippen molar-refractivity contribution in [1.82, 2.24) is 0 Å². The van der Waals surface area contributed by atoms with Crippen LogP contribution < -0.4 is 5.32 Å². The van der Waals surface area contributed by atoms with Crippen molar-refractivity contribution in [3.63, 3.8) is 0 Å². The molecule has 0 aliphatic carbocycles.